The van der Waals surface area contributed by atoms with Crippen molar-refractivity contribution in [3.05, 3.63) is 23.8 Å². The normalized spacial score (nSPS) is 46.6. The second kappa shape index (κ2) is 8.18. The highest BCUT2D eigenvalue weighted by atomic mass is 16.3. The SMILES string of the molecule is CCC(C)/C=C/C[C@@H](C)[C@H]1CC[C@H]2[C@@H]3CC=C4C[C@@H](O)CC[C@]4(C)[C@H]3CC[C@]12C. The molecule has 0 aromatic carbocycles. The summed E-state index contributed by atoms with van der Waals surface area (Å²) in [5.74, 6) is 5.13. The molecule has 0 aromatic heterocycles. The number of allylic oxidation sites excluding steroid dienone is 3. The second-order valence-electron chi connectivity index (χ2n) is 11.9. The molecule has 0 aliphatic heterocycles. The minimum Gasteiger partial charge on any atom is -0.393 e. The minimum atomic E-state index is -0.0834. The van der Waals surface area contributed by atoms with Crippen LogP contribution in [0.15, 0.2) is 23.8 Å². The molecule has 0 heterocycles. The smallest absolute Gasteiger partial charge is 0.0577 e. The van der Waals surface area contributed by atoms with Gasteiger partial charge in [0.25, 0.3) is 0 Å². The molecular weight excluding hydrogens is 352 g/mol. The summed E-state index contributed by atoms with van der Waals surface area (Å²) in [6.07, 6.45) is 20.2. The van der Waals surface area contributed by atoms with Crippen molar-refractivity contribution in [1.82, 2.24) is 0 Å². The van der Waals surface area contributed by atoms with Gasteiger partial charge in [-0.25, -0.2) is 0 Å². The van der Waals surface area contributed by atoms with E-state index in [1.165, 1.54) is 51.4 Å². The second-order valence-corrected chi connectivity index (χ2v) is 11.9. The van der Waals surface area contributed by atoms with Crippen LogP contribution in [0.3, 0.4) is 0 Å². The summed E-state index contributed by atoms with van der Waals surface area (Å²) < 4.78 is 0. The summed E-state index contributed by atoms with van der Waals surface area (Å²) in [5, 5.41) is 10.2. The van der Waals surface area contributed by atoms with Gasteiger partial charge in [-0.1, -0.05) is 64.8 Å². The molecule has 3 fully saturated rings. The first kappa shape index (κ1) is 21.7. The van der Waals surface area contributed by atoms with Crippen LogP contribution in [0.5, 0.6) is 0 Å². The van der Waals surface area contributed by atoms with Gasteiger partial charge in [0.05, 0.1) is 6.10 Å². The molecule has 0 radical (unpaired) electrons. The van der Waals surface area contributed by atoms with Crippen LogP contribution in [0.25, 0.3) is 0 Å². The molecule has 3 saturated carbocycles. The maximum absolute atomic E-state index is 10.2. The average molecular weight is 399 g/mol. The predicted octanol–water partition coefficient (Wildman–Crippen LogP) is 7.55. The van der Waals surface area contributed by atoms with Crippen LogP contribution in [0, 0.1) is 46.3 Å². The Kier molecular flexibility index (Phi) is 6.11. The average Bonchev–Trinajstić information content (AvgIpc) is 3.05. The number of aliphatic hydroxyl groups excluding tert-OH is 1. The van der Waals surface area contributed by atoms with Crippen LogP contribution >= 0.6 is 0 Å². The molecule has 1 nitrogen and oxygen atoms in total. The largest absolute Gasteiger partial charge is 0.393 e. The lowest BCUT2D eigenvalue weighted by Gasteiger charge is -2.58. The molecule has 4 aliphatic carbocycles. The Morgan fingerprint density at radius 2 is 1.90 bits per heavy atom. The summed E-state index contributed by atoms with van der Waals surface area (Å²) in [6, 6.07) is 0. The third-order valence-corrected chi connectivity index (χ3v) is 10.5. The van der Waals surface area contributed by atoms with Crippen molar-refractivity contribution in [1.29, 1.82) is 0 Å². The highest BCUT2D eigenvalue weighted by molar-refractivity contribution is 5.25. The zero-order valence-electron chi connectivity index (χ0n) is 19.8. The first-order valence-electron chi connectivity index (χ1n) is 12.8. The first-order chi connectivity index (χ1) is 13.8. The Morgan fingerprint density at radius 3 is 2.66 bits per heavy atom. The fourth-order valence-corrected chi connectivity index (χ4v) is 8.44. The predicted molar refractivity (Wildman–Crippen MR) is 124 cm³/mol. The highest BCUT2D eigenvalue weighted by Crippen LogP contribution is 2.67. The summed E-state index contributed by atoms with van der Waals surface area (Å²) in [7, 11) is 0. The van der Waals surface area contributed by atoms with Gasteiger partial charge in [0, 0.05) is 0 Å². The van der Waals surface area contributed by atoms with Gasteiger partial charge in [0.15, 0.2) is 0 Å². The van der Waals surface area contributed by atoms with E-state index >= 15 is 0 Å². The van der Waals surface area contributed by atoms with Gasteiger partial charge < -0.3 is 5.11 Å². The number of hydrogen-bond acceptors (Lipinski definition) is 1. The molecule has 4 rings (SSSR count). The maximum Gasteiger partial charge on any atom is 0.0577 e. The van der Waals surface area contributed by atoms with Crippen LogP contribution < -0.4 is 0 Å². The topological polar surface area (TPSA) is 20.2 Å². The van der Waals surface area contributed by atoms with E-state index in [1.807, 2.05) is 0 Å². The van der Waals surface area contributed by atoms with Crippen LogP contribution in [0.4, 0.5) is 0 Å². The number of aliphatic hydroxyl groups is 1. The number of rotatable bonds is 5. The van der Waals surface area contributed by atoms with Crippen molar-refractivity contribution in [3.8, 4) is 0 Å². The molecule has 164 valence electrons. The van der Waals surface area contributed by atoms with Crippen LogP contribution in [0.1, 0.15) is 98.8 Å². The molecule has 0 saturated heterocycles. The summed E-state index contributed by atoms with van der Waals surface area (Å²) in [4.78, 5) is 0. The molecular formula is C28H46O. The molecule has 1 heteroatoms. The van der Waals surface area contributed by atoms with Gasteiger partial charge in [-0.3, -0.25) is 0 Å². The Morgan fingerprint density at radius 1 is 1.10 bits per heavy atom. The van der Waals surface area contributed by atoms with E-state index < -0.39 is 0 Å². The van der Waals surface area contributed by atoms with Crippen molar-refractivity contribution >= 4 is 0 Å². The Labute approximate surface area is 180 Å². The fraction of sp³-hybridized carbons (Fsp3) is 0.857. The molecule has 29 heavy (non-hydrogen) atoms. The lowest BCUT2D eigenvalue weighted by Crippen LogP contribution is -2.50. The van der Waals surface area contributed by atoms with E-state index in [-0.39, 0.29) is 6.10 Å². The Hall–Kier alpha value is -0.560. The molecule has 1 unspecified atom stereocenters. The van der Waals surface area contributed by atoms with Gasteiger partial charge in [0.2, 0.25) is 0 Å². The molecule has 1 N–H and O–H groups in total. The Balaban J connectivity index is 1.49. The monoisotopic (exact) mass is 398 g/mol. The van der Waals surface area contributed by atoms with Crippen LogP contribution in [-0.4, -0.2) is 11.2 Å². The third-order valence-electron chi connectivity index (χ3n) is 10.5. The van der Waals surface area contributed by atoms with E-state index in [9.17, 15) is 5.11 Å². The lowest BCUT2D eigenvalue weighted by atomic mass is 9.47. The molecule has 0 aromatic rings. The standard InChI is InChI=1S/C28H46O/c1-6-19(2)8-7-9-20(3)24-12-13-25-23-11-10-21-18-22(29)14-16-27(21,4)26(23)15-17-28(24,25)5/h7-8,10,19-20,22-26,29H,6,9,11-18H2,1-5H3/b8-7+/t19?,20-,22+,23+,24-,25+,26+,27+,28-/m1/s1. The summed E-state index contributed by atoms with van der Waals surface area (Å²) in [5.41, 5.74) is 2.55. The quantitative estimate of drug-likeness (QED) is 0.474. The summed E-state index contributed by atoms with van der Waals surface area (Å²) >= 11 is 0. The Bertz CT molecular complexity index is 647. The maximum atomic E-state index is 10.2. The third kappa shape index (κ3) is 3.68. The molecule has 9 atom stereocenters. The van der Waals surface area contributed by atoms with Crippen molar-refractivity contribution in [3.63, 3.8) is 0 Å². The molecule has 0 spiro atoms. The van der Waals surface area contributed by atoms with Gasteiger partial charge in [-0.2, -0.15) is 0 Å². The van der Waals surface area contributed by atoms with E-state index in [1.54, 1.807) is 5.57 Å². The first-order valence-corrected chi connectivity index (χ1v) is 12.8. The highest BCUT2D eigenvalue weighted by Gasteiger charge is 2.58. The number of hydrogen-bond donors (Lipinski definition) is 1. The van der Waals surface area contributed by atoms with Gasteiger partial charge in [-0.15, -0.1) is 0 Å². The lowest BCUT2D eigenvalue weighted by molar-refractivity contribution is -0.0565. The molecule has 0 amide bonds. The van der Waals surface area contributed by atoms with Crippen LogP contribution in [-0.2, 0) is 0 Å². The zero-order valence-corrected chi connectivity index (χ0v) is 19.8. The zero-order chi connectivity index (χ0) is 20.8. The van der Waals surface area contributed by atoms with Gasteiger partial charge in [-0.05, 0) is 104 Å². The van der Waals surface area contributed by atoms with Crippen molar-refractivity contribution in [2.75, 3.05) is 0 Å². The minimum absolute atomic E-state index is 0.0834. The fourth-order valence-electron chi connectivity index (χ4n) is 8.44. The number of fused-ring (bicyclic) bond motifs is 5. The van der Waals surface area contributed by atoms with Crippen molar-refractivity contribution < 1.29 is 5.11 Å². The van der Waals surface area contributed by atoms with Gasteiger partial charge in [0.1, 0.15) is 0 Å². The van der Waals surface area contributed by atoms with Gasteiger partial charge >= 0.3 is 0 Å². The summed E-state index contributed by atoms with van der Waals surface area (Å²) in [6.45, 7) is 12.4. The van der Waals surface area contributed by atoms with E-state index in [2.05, 4.69) is 52.8 Å². The van der Waals surface area contributed by atoms with E-state index in [4.69, 9.17) is 0 Å². The van der Waals surface area contributed by atoms with E-state index in [0.29, 0.717) is 10.8 Å². The van der Waals surface area contributed by atoms with Crippen LogP contribution in [0.2, 0.25) is 0 Å². The van der Waals surface area contributed by atoms with Crippen molar-refractivity contribution in [2.45, 2.75) is 105 Å². The van der Waals surface area contributed by atoms with Crippen molar-refractivity contribution in [2.24, 2.45) is 46.3 Å². The molecule has 0 bridgehead atoms. The van der Waals surface area contributed by atoms with E-state index in [0.717, 1.165) is 48.3 Å². The molecule has 4 aliphatic rings.